The van der Waals surface area contributed by atoms with E-state index in [-0.39, 0.29) is 5.92 Å². The number of carbonyl (C=O) groups is 1. The Bertz CT molecular complexity index is 262. The predicted molar refractivity (Wildman–Crippen MR) is 80.0 cm³/mol. The van der Waals surface area contributed by atoms with Gasteiger partial charge >= 0.3 is 0 Å². The summed E-state index contributed by atoms with van der Waals surface area (Å²) in [5.74, 6) is 0.407. The number of rotatable bonds is 7. The lowest BCUT2D eigenvalue weighted by atomic mass is 9.99. The number of nitrogens with zero attached hydrogens (tertiary/aromatic N) is 2. The lowest BCUT2D eigenvalue weighted by molar-refractivity contribution is -0.136. The molecule has 0 saturated carbocycles. The maximum absolute atomic E-state index is 12.3. The van der Waals surface area contributed by atoms with E-state index in [2.05, 4.69) is 11.8 Å². The molecule has 1 atom stereocenters. The fraction of sp³-hybridized carbons (Fsp3) is 0.933. The van der Waals surface area contributed by atoms with Crippen molar-refractivity contribution in [3.63, 3.8) is 0 Å². The maximum Gasteiger partial charge on any atom is 0.225 e. The molecule has 0 spiro atoms. The Morgan fingerprint density at radius 2 is 2.05 bits per heavy atom. The van der Waals surface area contributed by atoms with Gasteiger partial charge in [0.2, 0.25) is 5.91 Å². The van der Waals surface area contributed by atoms with Crippen molar-refractivity contribution >= 4 is 5.91 Å². The molecule has 0 bridgehead atoms. The van der Waals surface area contributed by atoms with Crippen molar-refractivity contribution in [2.75, 3.05) is 33.2 Å². The molecule has 112 valence electrons. The molecule has 2 N–H and O–H groups in total. The van der Waals surface area contributed by atoms with Crippen LogP contribution >= 0.6 is 0 Å². The van der Waals surface area contributed by atoms with E-state index < -0.39 is 0 Å². The normalized spacial score (nSPS) is 19.4. The Balaban J connectivity index is 2.37. The van der Waals surface area contributed by atoms with Gasteiger partial charge in [0.1, 0.15) is 0 Å². The number of likely N-dealkylation sites (tertiary alicyclic amines) is 1. The van der Waals surface area contributed by atoms with Crippen molar-refractivity contribution in [1.29, 1.82) is 0 Å². The summed E-state index contributed by atoms with van der Waals surface area (Å²) in [6, 6.07) is 0.431. The lowest BCUT2D eigenvalue weighted by Crippen LogP contribution is -2.47. The lowest BCUT2D eigenvalue weighted by Gasteiger charge is -2.37. The van der Waals surface area contributed by atoms with Crippen LogP contribution in [0.25, 0.3) is 0 Å². The molecule has 0 aromatic heterocycles. The molecule has 0 aliphatic carbocycles. The molecule has 1 saturated heterocycles. The Morgan fingerprint density at radius 3 is 2.58 bits per heavy atom. The van der Waals surface area contributed by atoms with Gasteiger partial charge in [0.05, 0.1) is 0 Å². The minimum atomic E-state index is 0.113. The van der Waals surface area contributed by atoms with Crippen LogP contribution in [0.15, 0.2) is 0 Å². The van der Waals surface area contributed by atoms with Crippen LogP contribution in [0.5, 0.6) is 0 Å². The molecule has 0 aromatic rings. The highest BCUT2D eigenvalue weighted by Crippen LogP contribution is 2.18. The van der Waals surface area contributed by atoms with Gasteiger partial charge < -0.3 is 15.5 Å². The predicted octanol–water partition coefficient (Wildman–Crippen LogP) is 1.69. The van der Waals surface area contributed by atoms with Crippen LogP contribution in [-0.2, 0) is 4.79 Å². The highest BCUT2D eigenvalue weighted by molar-refractivity contribution is 5.78. The van der Waals surface area contributed by atoms with Gasteiger partial charge in [-0.15, -0.1) is 0 Å². The van der Waals surface area contributed by atoms with E-state index >= 15 is 0 Å². The first kappa shape index (κ1) is 16.4. The zero-order chi connectivity index (χ0) is 14.3. The van der Waals surface area contributed by atoms with Crippen molar-refractivity contribution in [2.24, 2.45) is 11.7 Å². The minimum Gasteiger partial charge on any atom is -0.342 e. The summed E-state index contributed by atoms with van der Waals surface area (Å²) in [5, 5.41) is 0. The molecule has 1 aliphatic rings. The monoisotopic (exact) mass is 269 g/mol. The average Bonchev–Trinajstić information content (AvgIpc) is 2.44. The largest absolute Gasteiger partial charge is 0.342 e. The molecule has 1 fully saturated rings. The minimum absolute atomic E-state index is 0.113. The van der Waals surface area contributed by atoms with Gasteiger partial charge in [-0.3, -0.25) is 4.79 Å². The summed E-state index contributed by atoms with van der Waals surface area (Å²) >= 11 is 0. The van der Waals surface area contributed by atoms with Crippen LogP contribution in [-0.4, -0.2) is 55.0 Å². The topological polar surface area (TPSA) is 49.6 Å². The van der Waals surface area contributed by atoms with Crippen molar-refractivity contribution in [1.82, 2.24) is 9.80 Å². The number of hydrogen-bond acceptors (Lipinski definition) is 3. The van der Waals surface area contributed by atoms with Crippen LogP contribution in [0.2, 0.25) is 0 Å². The first-order valence-corrected chi connectivity index (χ1v) is 7.79. The highest BCUT2D eigenvalue weighted by Gasteiger charge is 2.27. The van der Waals surface area contributed by atoms with E-state index in [1.165, 1.54) is 13.0 Å². The third kappa shape index (κ3) is 5.11. The Morgan fingerprint density at radius 1 is 1.42 bits per heavy atom. The van der Waals surface area contributed by atoms with Crippen LogP contribution in [0.3, 0.4) is 0 Å². The summed E-state index contributed by atoms with van der Waals surface area (Å²) in [6.07, 6.45) is 5.30. The van der Waals surface area contributed by atoms with E-state index in [0.717, 1.165) is 38.8 Å². The zero-order valence-corrected chi connectivity index (χ0v) is 12.9. The number of hydrogen-bond donors (Lipinski definition) is 1. The van der Waals surface area contributed by atoms with Crippen molar-refractivity contribution in [3.8, 4) is 0 Å². The van der Waals surface area contributed by atoms with Gasteiger partial charge in [0.25, 0.3) is 0 Å². The molecule has 1 unspecified atom stereocenters. The third-order valence-electron chi connectivity index (χ3n) is 4.26. The van der Waals surface area contributed by atoms with E-state index in [0.29, 0.717) is 18.5 Å². The van der Waals surface area contributed by atoms with Crippen LogP contribution in [0, 0.1) is 5.92 Å². The van der Waals surface area contributed by atoms with Gasteiger partial charge in [-0.1, -0.05) is 13.8 Å². The fourth-order valence-corrected chi connectivity index (χ4v) is 2.92. The first-order chi connectivity index (χ1) is 9.10. The molecule has 4 nitrogen and oxygen atoms in total. The van der Waals surface area contributed by atoms with Gasteiger partial charge in [0.15, 0.2) is 0 Å². The molecule has 0 aromatic carbocycles. The van der Waals surface area contributed by atoms with E-state index in [1.54, 1.807) is 0 Å². The molecule has 0 radical (unpaired) electrons. The van der Waals surface area contributed by atoms with E-state index in [9.17, 15) is 4.79 Å². The van der Waals surface area contributed by atoms with Crippen molar-refractivity contribution in [2.45, 2.75) is 52.0 Å². The number of carbonyl (C=O) groups excluding carboxylic acids is 1. The molecule has 4 heteroatoms. The molecule has 1 heterocycles. The summed E-state index contributed by atoms with van der Waals surface area (Å²) in [5.41, 5.74) is 5.51. The molecular weight excluding hydrogens is 238 g/mol. The van der Waals surface area contributed by atoms with Gasteiger partial charge in [-0.25, -0.2) is 0 Å². The van der Waals surface area contributed by atoms with Crippen LogP contribution < -0.4 is 5.73 Å². The van der Waals surface area contributed by atoms with Crippen molar-refractivity contribution in [3.05, 3.63) is 0 Å². The molecular formula is C15H31N3O. The second-order valence-corrected chi connectivity index (χ2v) is 5.85. The Labute approximate surface area is 118 Å². The van der Waals surface area contributed by atoms with E-state index in [1.807, 2.05) is 18.9 Å². The quantitative estimate of drug-likeness (QED) is 0.765. The third-order valence-corrected chi connectivity index (χ3v) is 4.26. The second kappa shape index (κ2) is 8.54. The number of amides is 1. The molecule has 1 aliphatic heterocycles. The zero-order valence-electron chi connectivity index (χ0n) is 12.9. The van der Waals surface area contributed by atoms with Crippen LogP contribution in [0.1, 0.15) is 46.0 Å². The highest BCUT2D eigenvalue weighted by atomic mass is 16.2. The second-order valence-electron chi connectivity index (χ2n) is 5.85. The summed E-state index contributed by atoms with van der Waals surface area (Å²) in [6.45, 7) is 8.39. The van der Waals surface area contributed by atoms with Gasteiger partial charge in [0, 0.05) is 32.1 Å². The molecule has 1 amide bonds. The van der Waals surface area contributed by atoms with E-state index in [4.69, 9.17) is 5.73 Å². The average molecular weight is 269 g/mol. The number of nitrogens with two attached hydrogens (primary N) is 1. The summed E-state index contributed by atoms with van der Waals surface area (Å²) in [7, 11) is 1.97. The van der Waals surface area contributed by atoms with Gasteiger partial charge in [-0.2, -0.15) is 0 Å². The standard InChI is InChI=1S/C15H31N3O/c1-4-10-18-11-7-14(8-12-18)17(3)15(19)13(2)6-5-9-16/h13-14H,4-12,16H2,1-3H3. The molecule has 19 heavy (non-hydrogen) atoms. The Hall–Kier alpha value is -0.610. The molecule has 1 rings (SSSR count). The smallest absolute Gasteiger partial charge is 0.225 e. The fourth-order valence-electron chi connectivity index (χ4n) is 2.92. The summed E-state index contributed by atoms with van der Waals surface area (Å²) in [4.78, 5) is 16.8. The Kier molecular flexibility index (Phi) is 7.39. The number of piperidine rings is 1. The van der Waals surface area contributed by atoms with Crippen LogP contribution in [0.4, 0.5) is 0 Å². The maximum atomic E-state index is 12.3. The van der Waals surface area contributed by atoms with Gasteiger partial charge in [-0.05, 0) is 45.2 Å². The van der Waals surface area contributed by atoms with Crippen molar-refractivity contribution < 1.29 is 4.79 Å². The summed E-state index contributed by atoms with van der Waals surface area (Å²) < 4.78 is 0. The SMILES string of the molecule is CCCN1CCC(N(C)C(=O)C(C)CCCN)CC1. The first-order valence-electron chi connectivity index (χ1n) is 7.79.